The van der Waals surface area contributed by atoms with Crippen molar-refractivity contribution in [1.29, 1.82) is 0 Å². The molecule has 2 aromatic carbocycles. The fourth-order valence-corrected chi connectivity index (χ4v) is 4.30. The van der Waals surface area contributed by atoms with E-state index < -0.39 is 58.9 Å². The van der Waals surface area contributed by atoms with Crippen molar-refractivity contribution in [2.75, 3.05) is 13.7 Å². The normalized spacial score (nSPS) is 24.2. The Kier molecular flexibility index (Phi) is 7.29. The lowest BCUT2D eigenvalue weighted by molar-refractivity contribution is -0.271. The van der Waals surface area contributed by atoms with E-state index in [1.54, 1.807) is 0 Å². The summed E-state index contributed by atoms with van der Waals surface area (Å²) in [5, 5.41) is 49.8. The van der Waals surface area contributed by atoms with Crippen molar-refractivity contribution in [3.8, 4) is 34.3 Å². The van der Waals surface area contributed by atoms with E-state index in [1.165, 1.54) is 25.3 Å². The molecule has 14 nitrogen and oxygen atoms in total. The maximum atomic E-state index is 12.7. The number of phenolic OH excluding ortho intramolecular Hbond substituents is 2. The average Bonchev–Trinajstić information content (AvgIpc) is 2.82. The molecule has 200 valence electrons. The molecule has 0 radical (unpaired) electrons. The second-order valence-corrected chi connectivity index (χ2v) is 9.04. The van der Waals surface area contributed by atoms with E-state index in [2.05, 4.69) is 4.18 Å². The largest absolute Gasteiger partial charge is 0.507 e. The first kappa shape index (κ1) is 26.6. The van der Waals surface area contributed by atoms with Crippen LogP contribution in [0, 0.1) is 0 Å². The fraction of sp³-hybridized carbons (Fsp3) is 0.318. The summed E-state index contributed by atoms with van der Waals surface area (Å²) in [5.74, 6) is -0.849. The molecule has 1 aliphatic heterocycles. The van der Waals surface area contributed by atoms with Crippen LogP contribution in [-0.4, -0.2) is 82.9 Å². The number of methoxy groups -OCH3 is 1. The number of hydrogen-bond donors (Lipinski definition) is 6. The van der Waals surface area contributed by atoms with E-state index in [4.69, 9.17) is 23.2 Å². The van der Waals surface area contributed by atoms with E-state index in [1.807, 2.05) is 0 Å². The zero-order valence-electron chi connectivity index (χ0n) is 18.9. The van der Waals surface area contributed by atoms with Gasteiger partial charge in [-0.2, -0.15) is 8.42 Å². The van der Waals surface area contributed by atoms with Crippen molar-refractivity contribution >= 4 is 21.4 Å². The van der Waals surface area contributed by atoms with Gasteiger partial charge in [0.1, 0.15) is 46.5 Å². The van der Waals surface area contributed by atoms with Gasteiger partial charge in [-0.05, 0) is 18.2 Å². The molecule has 4 rings (SSSR count). The number of aliphatic hydroxyl groups excluding tert-OH is 3. The molecule has 5 atom stereocenters. The van der Waals surface area contributed by atoms with Gasteiger partial charge in [0.15, 0.2) is 23.0 Å². The van der Waals surface area contributed by atoms with Crippen molar-refractivity contribution in [3.63, 3.8) is 0 Å². The summed E-state index contributed by atoms with van der Waals surface area (Å²) in [4.78, 5) is 12.7. The monoisotopic (exact) mass is 542 g/mol. The van der Waals surface area contributed by atoms with E-state index in [9.17, 15) is 38.7 Å². The van der Waals surface area contributed by atoms with E-state index in [0.717, 1.165) is 18.2 Å². The van der Waals surface area contributed by atoms with Crippen LogP contribution >= 0.6 is 0 Å². The number of fused-ring (bicyclic) bond motifs is 1. The lowest BCUT2D eigenvalue weighted by Crippen LogP contribution is -2.61. The van der Waals surface area contributed by atoms with Crippen LogP contribution in [-0.2, 0) is 19.3 Å². The standard InChI is InChI=1S/C22H22O14S/c1-32-15-4-9(2-3-11(15)24)14-7-13(26)18-12(25)5-10(6-16(18)34-14)33-22-21(36-37(29,30)31)20(28)19(27)17(8-23)35-22/h2-7,17,19-25,27-28H,8H2,1H3,(H,29,30,31). The van der Waals surface area contributed by atoms with Crippen molar-refractivity contribution < 1.29 is 61.3 Å². The second-order valence-electron chi connectivity index (χ2n) is 7.99. The summed E-state index contributed by atoms with van der Waals surface area (Å²) >= 11 is 0. The Morgan fingerprint density at radius 2 is 1.76 bits per heavy atom. The Balaban J connectivity index is 1.75. The van der Waals surface area contributed by atoms with Crippen LogP contribution in [0.1, 0.15) is 0 Å². The first-order chi connectivity index (χ1) is 17.4. The molecule has 0 bridgehead atoms. The molecule has 1 fully saturated rings. The summed E-state index contributed by atoms with van der Waals surface area (Å²) in [7, 11) is -3.82. The molecule has 5 unspecified atom stereocenters. The summed E-state index contributed by atoms with van der Waals surface area (Å²) in [6.45, 7) is -0.798. The molecule has 1 aromatic heterocycles. The summed E-state index contributed by atoms with van der Waals surface area (Å²) in [5.41, 5.74) is -0.459. The minimum atomic E-state index is -5.15. The number of ether oxygens (including phenoxy) is 3. The Bertz CT molecular complexity index is 1470. The van der Waals surface area contributed by atoms with Crippen LogP contribution in [0.4, 0.5) is 0 Å². The molecule has 0 spiro atoms. The first-order valence-electron chi connectivity index (χ1n) is 10.5. The number of rotatable bonds is 7. The van der Waals surface area contributed by atoms with Gasteiger partial charge in [-0.15, -0.1) is 0 Å². The van der Waals surface area contributed by atoms with Crippen LogP contribution < -0.4 is 14.9 Å². The fourth-order valence-electron chi connectivity index (χ4n) is 3.81. The zero-order chi connectivity index (χ0) is 27.1. The number of aromatic hydroxyl groups is 2. The molecule has 0 saturated carbocycles. The van der Waals surface area contributed by atoms with Gasteiger partial charge >= 0.3 is 10.4 Å². The van der Waals surface area contributed by atoms with E-state index in [-0.39, 0.29) is 34.0 Å². The maximum Gasteiger partial charge on any atom is 0.397 e. The number of phenols is 2. The van der Waals surface area contributed by atoms with Gasteiger partial charge in [0.25, 0.3) is 0 Å². The highest BCUT2D eigenvalue weighted by Crippen LogP contribution is 2.35. The van der Waals surface area contributed by atoms with E-state index >= 15 is 0 Å². The highest BCUT2D eigenvalue weighted by molar-refractivity contribution is 7.80. The molecule has 1 saturated heterocycles. The second kappa shape index (κ2) is 10.1. The van der Waals surface area contributed by atoms with Crippen LogP contribution in [0.15, 0.2) is 45.6 Å². The maximum absolute atomic E-state index is 12.7. The molecule has 15 heteroatoms. The molecular formula is C22H22O14S. The minimum Gasteiger partial charge on any atom is -0.507 e. The third-order valence-electron chi connectivity index (χ3n) is 5.56. The Labute approximate surface area is 208 Å². The Hall–Kier alpha value is -3.44. The smallest absolute Gasteiger partial charge is 0.397 e. The van der Waals surface area contributed by atoms with E-state index in [0.29, 0.717) is 5.56 Å². The zero-order valence-corrected chi connectivity index (χ0v) is 19.7. The Morgan fingerprint density at radius 1 is 1.03 bits per heavy atom. The van der Waals surface area contributed by atoms with Crippen LogP contribution in [0.25, 0.3) is 22.3 Å². The third kappa shape index (κ3) is 5.47. The molecule has 2 heterocycles. The van der Waals surface area contributed by atoms with Gasteiger partial charge in [0.2, 0.25) is 6.29 Å². The van der Waals surface area contributed by atoms with Crippen molar-refractivity contribution in [2.45, 2.75) is 30.7 Å². The van der Waals surface area contributed by atoms with Crippen LogP contribution in [0.5, 0.6) is 23.0 Å². The molecule has 1 aliphatic rings. The third-order valence-corrected chi connectivity index (χ3v) is 6.02. The minimum absolute atomic E-state index is 0.0349. The van der Waals surface area contributed by atoms with Crippen molar-refractivity contribution in [3.05, 3.63) is 46.6 Å². The molecular weight excluding hydrogens is 520 g/mol. The molecule has 6 N–H and O–H groups in total. The lowest BCUT2D eigenvalue weighted by Gasteiger charge is -2.40. The average molecular weight is 542 g/mol. The number of hydrogen-bond acceptors (Lipinski definition) is 13. The molecule has 0 aliphatic carbocycles. The topological polar surface area (TPSA) is 223 Å². The quantitative estimate of drug-likeness (QED) is 0.214. The molecule has 0 amide bonds. The van der Waals surface area contributed by atoms with Gasteiger partial charge < -0.3 is 44.2 Å². The summed E-state index contributed by atoms with van der Waals surface area (Å²) in [6.07, 6.45) is -9.03. The van der Waals surface area contributed by atoms with Crippen LogP contribution in [0.3, 0.4) is 0 Å². The lowest BCUT2D eigenvalue weighted by atomic mass is 9.99. The Morgan fingerprint density at radius 3 is 2.41 bits per heavy atom. The predicted octanol–water partition coefficient (Wildman–Crippen LogP) is -0.114. The summed E-state index contributed by atoms with van der Waals surface area (Å²) in [6, 6.07) is 7.42. The van der Waals surface area contributed by atoms with Crippen molar-refractivity contribution in [2.24, 2.45) is 0 Å². The molecule has 3 aromatic rings. The van der Waals surface area contributed by atoms with Gasteiger partial charge in [-0.3, -0.25) is 9.35 Å². The van der Waals surface area contributed by atoms with Crippen LogP contribution in [0.2, 0.25) is 0 Å². The predicted molar refractivity (Wildman–Crippen MR) is 123 cm³/mol. The first-order valence-corrected chi connectivity index (χ1v) is 11.9. The number of benzene rings is 2. The SMILES string of the molecule is COc1cc(-c2cc(=O)c3c(O)cc(OC4OC(CO)C(O)C(O)C4OS(=O)(=O)O)cc3o2)ccc1O. The highest BCUT2D eigenvalue weighted by atomic mass is 32.3. The van der Waals surface area contributed by atoms with Gasteiger partial charge in [-0.25, -0.2) is 4.18 Å². The van der Waals surface area contributed by atoms with Gasteiger partial charge in [0.05, 0.1) is 13.7 Å². The van der Waals surface area contributed by atoms with Gasteiger partial charge in [-0.1, -0.05) is 0 Å². The van der Waals surface area contributed by atoms with Crippen molar-refractivity contribution in [1.82, 2.24) is 0 Å². The summed E-state index contributed by atoms with van der Waals surface area (Å²) < 4.78 is 57.6. The highest BCUT2D eigenvalue weighted by Gasteiger charge is 2.48. The molecule has 37 heavy (non-hydrogen) atoms. The number of aliphatic hydroxyl groups is 3. The van der Waals surface area contributed by atoms with Gasteiger partial charge in [0, 0.05) is 23.8 Å².